The van der Waals surface area contributed by atoms with Crippen LogP contribution >= 0.6 is 0 Å². The highest BCUT2D eigenvalue weighted by Gasteiger charge is 2.18. The molecule has 8 heteroatoms. The first-order chi connectivity index (χ1) is 10.4. The van der Waals surface area contributed by atoms with Gasteiger partial charge in [0.15, 0.2) is 9.84 Å². The molecule has 2 aromatic rings. The lowest BCUT2D eigenvalue weighted by atomic mass is 10.2. The number of carbonyl (C=O) groups excluding carboxylic acids is 1. The van der Waals surface area contributed by atoms with E-state index in [4.69, 9.17) is 5.26 Å². The van der Waals surface area contributed by atoms with Crippen LogP contribution in [0.5, 0.6) is 0 Å². The Hall–Kier alpha value is -2.66. The summed E-state index contributed by atoms with van der Waals surface area (Å²) in [4.78, 5) is 11.8. The first kappa shape index (κ1) is 15.7. The molecule has 0 aliphatic carbocycles. The third-order valence-corrected chi connectivity index (χ3v) is 4.28. The Morgan fingerprint density at radius 3 is 2.59 bits per heavy atom. The number of sulfone groups is 1. The maximum atomic E-state index is 12.0. The van der Waals surface area contributed by atoms with E-state index in [1.807, 2.05) is 6.07 Å². The third-order valence-electron chi connectivity index (χ3n) is 2.81. The minimum Gasteiger partial charge on any atom is -0.323 e. The maximum Gasteiger partial charge on any atom is 0.239 e. The molecule has 1 aromatic heterocycles. The first-order valence-electron chi connectivity index (χ1n) is 6.36. The summed E-state index contributed by atoms with van der Waals surface area (Å²) in [6.07, 6.45) is 3.01. The highest BCUT2D eigenvalue weighted by molar-refractivity contribution is 7.91. The van der Waals surface area contributed by atoms with E-state index in [1.54, 1.807) is 37.5 Å². The molecule has 0 bridgehead atoms. The number of hydrogen-bond acceptors (Lipinski definition) is 5. The maximum absolute atomic E-state index is 12.0. The molecule has 1 heterocycles. The second-order valence-corrected chi connectivity index (χ2v) is 6.86. The van der Waals surface area contributed by atoms with Gasteiger partial charge in [0, 0.05) is 13.2 Å². The van der Waals surface area contributed by atoms with Gasteiger partial charge < -0.3 is 5.32 Å². The summed E-state index contributed by atoms with van der Waals surface area (Å²) in [5.41, 5.74) is 1.43. The molecule has 1 N–H and O–H groups in total. The molecule has 0 saturated carbocycles. The third kappa shape index (κ3) is 4.43. The van der Waals surface area contributed by atoms with Gasteiger partial charge in [0.05, 0.1) is 29.3 Å². The smallest absolute Gasteiger partial charge is 0.239 e. The number of amides is 1. The van der Waals surface area contributed by atoms with Crippen LogP contribution in [0, 0.1) is 11.3 Å². The quantitative estimate of drug-likeness (QED) is 0.879. The number of hydrogen-bond donors (Lipinski definition) is 1. The molecule has 0 radical (unpaired) electrons. The average molecular weight is 318 g/mol. The molecular weight excluding hydrogens is 304 g/mol. The Labute approximate surface area is 128 Å². The standard InChI is InChI=1S/C14H14N4O3S/c1-18-8-13(7-16-18)17-14(19)10-22(20,21)9-12-4-2-11(6-15)3-5-12/h2-5,7-8H,9-10H2,1H3,(H,17,19). The minimum atomic E-state index is -3.59. The number of nitrogens with one attached hydrogen (secondary N) is 1. The average Bonchev–Trinajstić information content (AvgIpc) is 2.83. The normalized spacial score (nSPS) is 10.9. The van der Waals surface area contributed by atoms with Crippen molar-refractivity contribution in [3.05, 3.63) is 47.8 Å². The van der Waals surface area contributed by atoms with Crippen LogP contribution in [0.4, 0.5) is 5.69 Å². The van der Waals surface area contributed by atoms with E-state index >= 15 is 0 Å². The highest BCUT2D eigenvalue weighted by Crippen LogP contribution is 2.10. The zero-order valence-electron chi connectivity index (χ0n) is 11.9. The van der Waals surface area contributed by atoms with Crippen LogP contribution < -0.4 is 5.32 Å². The van der Waals surface area contributed by atoms with Gasteiger partial charge in [0.25, 0.3) is 0 Å². The Morgan fingerprint density at radius 2 is 2.05 bits per heavy atom. The Bertz CT molecular complexity index is 817. The predicted molar refractivity (Wildman–Crippen MR) is 80.5 cm³/mol. The van der Waals surface area contributed by atoms with E-state index in [-0.39, 0.29) is 5.75 Å². The summed E-state index contributed by atoms with van der Waals surface area (Å²) in [6.45, 7) is 0. The van der Waals surface area contributed by atoms with Crippen molar-refractivity contribution in [3.63, 3.8) is 0 Å². The molecule has 114 valence electrons. The van der Waals surface area contributed by atoms with Gasteiger partial charge in [-0.25, -0.2) is 8.42 Å². The SMILES string of the molecule is Cn1cc(NC(=O)CS(=O)(=O)Cc2ccc(C#N)cc2)cn1. The van der Waals surface area contributed by atoms with E-state index in [9.17, 15) is 13.2 Å². The molecule has 0 aliphatic heterocycles. The van der Waals surface area contributed by atoms with Crippen molar-refractivity contribution in [1.82, 2.24) is 9.78 Å². The van der Waals surface area contributed by atoms with Gasteiger partial charge in [-0.1, -0.05) is 12.1 Å². The van der Waals surface area contributed by atoms with Crippen LogP contribution in [0.15, 0.2) is 36.7 Å². The number of carbonyl (C=O) groups is 1. The van der Waals surface area contributed by atoms with E-state index in [0.29, 0.717) is 16.8 Å². The van der Waals surface area contributed by atoms with Crippen molar-refractivity contribution in [2.24, 2.45) is 7.05 Å². The monoisotopic (exact) mass is 318 g/mol. The molecule has 2 rings (SSSR count). The number of aryl methyl sites for hydroxylation is 1. The summed E-state index contributed by atoms with van der Waals surface area (Å²) in [6, 6.07) is 8.17. The second kappa shape index (κ2) is 6.41. The zero-order chi connectivity index (χ0) is 16.2. The molecule has 22 heavy (non-hydrogen) atoms. The van der Waals surface area contributed by atoms with Gasteiger partial charge in [-0.2, -0.15) is 10.4 Å². The molecular formula is C14H14N4O3S. The van der Waals surface area contributed by atoms with E-state index in [2.05, 4.69) is 10.4 Å². The largest absolute Gasteiger partial charge is 0.323 e. The molecule has 0 atom stereocenters. The predicted octanol–water partition coefficient (Wildman–Crippen LogP) is 0.845. The Kier molecular flexibility index (Phi) is 4.58. The number of rotatable bonds is 5. The molecule has 7 nitrogen and oxygen atoms in total. The second-order valence-electron chi connectivity index (χ2n) is 4.79. The van der Waals surface area contributed by atoms with Crippen molar-refractivity contribution in [1.29, 1.82) is 5.26 Å². The van der Waals surface area contributed by atoms with Crippen molar-refractivity contribution in [2.45, 2.75) is 5.75 Å². The van der Waals surface area contributed by atoms with Gasteiger partial charge in [0.1, 0.15) is 5.75 Å². The van der Waals surface area contributed by atoms with Gasteiger partial charge in [-0.15, -0.1) is 0 Å². The number of aromatic nitrogens is 2. The van der Waals surface area contributed by atoms with Crippen LogP contribution in [0.25, 0.3) is 0 Å². The van der Waals surface area contributed by atoms with Crippen molar-refractivity contribution < 1.29 is 13.2 Å². The lowest BCUT2D eigenvalue weighted by molar-refractivity contribution is -0.113. The van der Waals surface area contributed by atoms with Crippen LogP contribution in [-0.4, -0.2) is 29.9 Å². The summed E-state index contributed by atoms with van der Waals surface area (Å²) in [5.74, 6) is -1.47. The van der Waals surface area contributed by atoms with Crippen LogP contribution in [0.3, 0.4) is 0 Å². The lowest BCUT2D eigenvalue weighted by Gasteiger charge is -2.05. The fourth-order valence-electron chi connectivity index (χ4n) is 1.86. The van der Waals surface area contributed by atoms with Crippen molar-refractivity contribution >= 4 is 21.4 Å². The van der Waals surface area contributed by atoms with Crippen molar-refractivity contribution in [3.8, 4) is 6.07 Å². The molecule has 0 fully saturated rings. The summed E-state index contributed by atoms with van der Waals surface area (Å²) in [5, 5.41) is 15.0. The fraction of sp³-hybridized carbons (Fsp3) is 0.214. The number of nitriles is 1. The highest BCUT2D eigenvalue weighted by atomic mass is 32.2. The molecule has 0 spiro atoms. The fourth-order valence-corrected chi connectivity index (χ4v) is 3.14. The topological polar surface area (TPSA) is 105 Å². The molecule has 0 aliphatic rings. The number of nitrogens with zero attached hydrogens (tertiary/aromatic N) is 3. The first-order valence-corrected chi connectivity index (χ1v) is 8.18. The van der Waals surface area contributed by atoms with Gasteiger partial charge in [-0.05, 0) is 17.7 Å². The van der Waals surface area contributed by atoms with Gasteiger partial charge in [0.2, 0.25) is 5.91 Å². The van der Waals surface area contributed by atoms with Crippen molar-refractivity contribution in [2.75, 3.05) is 11.1 Å². The van der Waals surface area contributed by atoms with E-state index in [1.165, 1.54) is 10.9 Å². The van der Waals surface area contributed by atoms with Crippen LogP contribution in [-0.2, 0) is 27.4 Å². The molecule has 0 saturated heterocycles. The van der Waals surface area contributed by atoms with E-state index < -0.39 is 21.5 Å². The van der Waals surface area contributed by atoms with Crippen LogP contribution in [0.1, 0.15) is 11.1 Å². The summed E-state index contributed by atoms with van der Waals surface area (Å²) in [7, 11) is -1.90. The van der Waals surface area contributed by atoms with Gasteiger partial charge in [-0.3, -0.25) is 9.48 Å². The summed E-state index contributed by atoms with van der Waals surface area (Å²) < 4.78 is 25.5. The summed E-state index contributed by atoms with van der Waals surface area (Å²) >= 11 is 0. The Morgan fingerprint density at radius 1 is 1.36 bits per heavy atom. The molecule has 1 aromatic carbocycles. The van der Waals surface area contributed by atoms with Gasteiger partial charge >= 0.3 is 0 Å². The minimum absolute atomic E-state index is 0.251. The lowest BCUT2D eigenvalue weighted by Crippen LogP contribution is -2.23. The van der Waals surface area contributed by atoms with Crippen LogP contribution in [0.2, 0.25) is 0 Å². The molecule has 0 unspecified atom stereocenters. The number of benzene rings is 1. The Balaban J connectivity index is 1.98. The van der Waals surface area contributed by atoms with E-state index in [0.717, 1.165) is 0 Å². The number of anilines is 1. The molecule has 1 amide bonds. The zero-order valence-corrected chi connectivity index (χ0v) is 12.7.